The van der Waals surface area contributed by atoms with Crippen LogP contribution in [0.5, 0.6) is 0 Å². The van der Waals surface area contributed by atoms with Gasteiger partial charge in [0.2, 0.25) is 0 Å². The summed E-state index contributed by atoms with van der Waals surface area (Å²) in [5.74, 6) is -2.02. The molecule has 3 rings (SSSR count). The summed E-state index contributed by atoms with van der Waals surface area (Å²) in [6.07, 6.45) is -0.691. The molecular formula is C21H23FN2O5. The summed E-state index contributed by atoms with van der Waals surface area (Å²) in [5, 5.41) is 9.04. The monoisotopic (exact) mass is 402 g/mol. The van der Waals surface area contributed by atoms with E-state index in [1.165, 1.54) is 17.0 Å². The third-order valence-corrected chi connectivity index (χ3v) is 4.65. The second kappa shape index (κ2) is 9.99. The lowest BCUT2D eigenvalue weighted by Gasteiger charge is -2.30. The molecule has 0 saturated carbocycles. The summed E-state index contributed by atoms with van der Waals surface area (Å²) in [7, 11) is 0. The van der Waals surface area contributed by atoms with Gasteiger partial charge in [-0.05, 0) is 23.8 Å². The van der Waals surface area contributed by atoms with E-state index in [-0.39, 0.29) is 24.4 Å². The van der Waals surface area contributed by atoms with Gasteiger partial charge in [-0.25, -0.2) is 14.0 Å². The van der Waals surface area contributed by atoms with Crippen LogP contribution in [0.25, 0.3) is 0 Å². The topological polar surface area (TPSA) is 79.3 Å². The lowest BCUT2D eigenvalue weighted by Crippen LogP contribution is -2.43. The number of carbonyl (C=O) groups is 2. The maximum atomic E-state index is 14.6. The average Bonchev–Trinajstić information content (AvgIpc) is 2.74. The van der Waals surface area contributed by atoms with E-state index in [2.05, 4.69) is 4.90 Å². The minimum Gasteiger partial charge on any atom is -0.478 e. The van der Waals surface area contributed by atoms with E-state index in [4.69, 9.17) is 14.6 Å². The van der Waals surface area contributed by atoms with Crippen molar-refractivity contribution >= 4 is 17.7 Å². The maximum absolute atomic E-state index is 14.6. The molecule has 1 fully saturated rings. The van der Waals surface area contributed by atoms with Crippen LogP contribution in [-0.2, 0) is 16.1 Å². The van der Waals surface area contributed by atoms with Crippen LogP contribution in [0.3, 0.4) is 0 Å². The molecule has 0 aliphatic carbocycles. The lowest BCUT2D eigenvalue weighted by atomic mass is 10.2. The smallest absolute Gasteiger partial charge is 0.414 e. The molecule has 0 unspecified atom stereocenters. The number of hydrogen-bond donors (Lipinski definition) is 1. The number of anilines is 1. The molecule has 0 spiro atoms. The molecule has 1 amide bonds. The van der Waals surface area contributed by atoms with Gasteiger partial charge in [0.1, 0.15) is 12.4 Å². The van der Waals surface area contributed by atoms with Gasteiger partial charge >= 0.3 is 12.1 Å². The molecule has 2 aromatic rings. The first-order valence-corrected chi connectivity index (χ1v) is 9.36. The van der Waals surface area contributed by atoms with Crippen LogP contribution in [0.2, 0.25) is 0 Å². The highest BCUT2D eigenvalue weighted by Crippen LogP contribution is 2.22. The highest BCUT2D eigenvalue weighted by Gasteiger charge is 2.23. The summed E-state index contributed by atoms with van der Waals surface area (Å²) >= 11 is 0. The maximum Gasteiger partial charge on any atom is 0.414 e. The number of carbonyl (C=O) groups excluding carboxylic acids is 1. The van der Waals surface area contributed by atoms with Crippen molar-refractivity contribution < 1.29 is 28.6 Å². The van der Waals surface area contributed by atoms with Crippen molar-refractivity contribution in [1.29, 1.82) is 0 Å². The van der Waals surface area contributed by atoms with Gasteiger partial charge in [0, 0.05) is 26.2 Å². The molecule has 0 atom stereocenters. The van der Waals surface area contributed by atoms with Gasteiger partial charge in [0.15, 0.2) is 0 Å². The van der Waals surface area contributed by atoms with Crippen LogP contribution < -0.4 is 4.90 Å². The van der Waals surface area contributed by atoms with Gasteiger partial charge < -0.3 is 14.6 Å². The molecule has 0 bridgehead atoms. The predicted octanol–water partition coefficient (Wildman–Crippen LogP) is 3.00. The van der Waals surface area contributed by atoms with Gasteiger partial charge in [-0.15, -0.1) is 0 Å². The second-order valence-electron chi connectivity index (χ2n) is 6.62. The molecule has 1 N–H and O–H groups in total. The van der Waals surface area contributed by atoms with Crippen molar-refractivity contribution in [2.24, 2.45) is 0 Å². The molecule has 0 aromatic heterocycles. The van der Waals surface area contributed by atoms with Crippen LogP contribution in [0.15, 0.2) is 48.5 Å². The van der Waals surface area contributed by atoms with E-state index < -0.39 is 17.9 Å². The summed E-state index contributed by atoms with van der Waals surface area (Å²) in [6.45, 7) is 3.46. The highest BCUT2D eigenvalue weighted by atomic mass is 19.1. The molecule has 2 aromatic carbocycles. The second-order valence-corrected chi connectivity index (χ2v) is 6.62. The molecular weight excluding hydrogens is 379 g/mol. The zero-order valence-corrected chi connectivity index (χ0v) is 15.9. The van der Waals surface area contributed by atoms with Crippen molar-refractivity contribution in [3.05, 3.63) is 65.5 Å². The third kappa shape index (κ3) is 5.75. The van der Waals surface area contributed by atoms with Crippen LogP contribution in [0, 0.1) is 5.82 Å². The number of ether oxygens (including phenoxy) is 2. The van der Waals surface area contributed by atoms with Gasteiger partial charge in [-0.2, -0.15) is 0 Å². The fourth-order valence-electron chi connectivity index (χ4n) is 3.03. The van der Waals surface area contributed by atoms with Gasteiger partial charge in [0.25, 0.3) is 0 Å². The molecule has 154 valence electrons. The van der Waals surface area contributed by atoms with E-state index in [1.807, 2.05) is 30.3 Å². The van der Waals surface area contributed by atoms with Crippen LogP contribution in [-0.4, -0.2) is 61.5 Å². The molecule has 1 saturated heterocycles. The van der Waals surface area contributed by atoms with Crippen LogP contribution in [0.1, 0.15) is 15.9 Å². The van der Waals surface area contributed by atoms with Crippen molar-refractivity contribution in [1.82, 2.24) is 4.90 Å². The Morgan fingerprint density at radius 1 is 1.14 bits per heavy atom. The summed E-state index contributed by atoms with van der Waals surface area (Å²) in [4.78, 5) is 27.1. The third-order valence-electron chi connectivity index (χ3n) is 4.65. The number of nitrogens with zero attached hydrogens (tertiary/aromatic N) is 2. The minimum absolute atomic E-state index is 0.0127. The molecule has 29 heavy (non-hydrogen) atoms. The Bertz CT molecular complexity index is 840. The van der Waals surface area contributed by atoms with E-state index in [0.29, 0.717) is 19.8 Å². The number of carboxylic acids is 1. The number of hydrogen-bond acceptors (Lipinski definition) is 5. The average molecular weight is 402 g/mol. The Labute approximate surface area is 168 Å². The molecule has 7 nitrogen and oxygen atoms in total. The first-order valence-electron chi connectivity index (χ1n) is 9.36. The van der Waals surface area contributed by atoms with Crippen molar-refractivity contribution in [3.8, 4) is 0 Å². The van der Waals surface area contributed by atoms with Gasteiger partial charge in [0.05, 0.1) is 24.5 Å². The predicted molar refractivity (Wildman–Crippen MR) is 105 cm³/mol. The van der Waals surface area contributed by atoms with Crippen LogP contribution in [0.4, 0.5) is 14.9 Å². The number of rotatable bonds is 7. The number of morpholine rings is 1. The number of amides is 1. The van der Waals surface area contributed by atoms with Crippen molar-refractivity contribution in [2.45, 2.75) is 6.61 Å². The van der Waals surface area contributed by atoms with Crippen LogP contribution >= 0.6 is 0 Å². The zero-order chi connectivity index (χ0) is 20.6. The molecule has 8 heteroatoms. The number of halogens is 1. The molecule has 1 aliphatic heterocycles. The van der Waals surface area contributed by atoms with E-state index in [1.54, 1.807) is 0 Å². The first kappa shape index (κ1) is 20.8. The Balaban J connectivity index is 1.74. The van der Waals surface area contributed by atoms with Gasteiger partial charge in [-0.3, -0.25) is 9.80 Å². The minimum atomic E-state index is -1.23. The largest absolute Gasteiger partial charge is 0.478 e. The Morgan fingerprint density at radius 3 is 2.52 bits per heavy atom. The van der Waals surface area contributed by atoms with Gasteiger partial charge in [-0.1, -0.05) is 30.3 Å². The van der Waals surface area contributed by atoms with Crippen molar-refractivity contribution in [3.63, 3.8) is 0 Å². The summed E-state index contributed by atoms with van der Waals surface area (Å²) in [5.41, 5.74) is 0.619. The molecule has 0 radical (unpaired) electrons. The zero-order valence-electron chi connectivity index (χ0n) is 15.9. The summed E-state index contributed by atoms with van der Waals surface area (Å²) in [6, 6.07) is 12.7. The Kier molecular flexibility index (Phi) is 7.15. The Morgan fingerprint density at radius 2 is 1.86 bits per heavy atom. The Hall–Kier alpha value is -2.97. The highest BCUT2D eigenvalue weighted by molar-refractivity contribution is 5.91. The normalized spacial score (nSPS) is 14.4. The standard InChI is InChI=1S/C21H23FN2O5/c22-18-14-17(20(25)26)6-7-19(18)24(9-8-23-10-12-28-13-11-23)21(27)29-15-16-4-2-1-3-5-16/h1-7,14H,8-13,15H2,(H,25,26). The van der Waals surface area contributed by atoms with E-state index in [0.717, 1.165) is 24.7 Å². The van der Waals surface area contributed by atoms with E-state index >= 15 is 0 Å². The fraction of sp³-hybridized carbons (Fsp3) is 0.333. The number of benzene rings is 2. The van der Waals surface area contributed by atoms with Crippen molar-refractivity contribution in [2.75, 3.05) is 44.3 Å². The molecule has 1 aliphatic rings. The number of aromatic carboxylic acids is 1. The van der Waals surface area contributed by atoms with E-state index in [9.17, 15) is 14.0 Å². The molecule has 1 heterocycles. The summed E-state index contributed by atoms with van der Waals surface area (Å²) < 4.78 is 25.3. The SMILES string of the molecule is O=C(O)c1ccc(N(CCN2CCOCC2)C(=O)OCc2ccccc2)c(F)c1. The quantitative estimate of drug-likeness (QED) is 0.767. The fourth-order valence-corrected chi connectivity index (χ4v) is 3.03. The lowest BCUT2D eigenvalue weighted by molar-refractivity contribution is 0.0390. The number of carboxylic acid groups (broad SMARTS) is 1. The first-order chi connectivity index (χ1) is 14.0.